The molecule has 4 unspecified atom stereocenters. The highest BCUT2D eigenvalue weighted by atomic mass is 35.5. The van der Waals surface area contributed by atoms with Gasteiger partial charge in [-0.1, -0.05) is 31.4 Å². The van der Waals surface area contributed by atoms with Crippen molar-refractivity contribution in [2.45, 2.75) is 55.2 Å². The predicted molar refractivity (Wildman–Crippen MR) is 86.7 cm³/mol. The zero-order valence-corrected chi connectivity index (χ0v) is 13.8. The molecule has 1 aromatic rings. The Morgan fingerprint density at radius 2 is 2.00 bits per heavy atom. The molecule has 0 bridgehead atoms. The largest absolute Gasteiger partial charge is 0.316 e. The molecule has 0 aromatic heterocycles. The van der Waals surface area contributed by atoms with E-state index in [1.807, 2.05) is 31.3 Å². The quantitative estimate of drug-likeness (QED) is 0.890. The summed E-state index contributed by atoms with van der Waals surface area (Å²) in [6, 6.07) is 7.81. The van der Waals surface area contributed by atoms with Crippen LogP contribution < -0.4 is 5.32 Å². The minimum absolute atomic E-state index is 0.214. The minimum Gasteiger partial charge on any atom is -0.316 e. The van der Waals surface area contributed by atoms with Crippen molar-refractivity contribution in [1.82, 2.24) is 5.32 Å². The molecule has 0 saturated heterocycles. The maximum absolute atomic E-state index is 12.9. The summed E-state index contributed by atoms with van der Waals surface area (Å²) >= 11 is 5.91. The average molecular weight is 314 g/mol. The molecule has 112 valence electrons. The van der Waals surface area contributed by atoms with Crippen LogP contribution in [0.25, 0.3) is 0 Å². The number of benzene rings is 1. The molecule has 20 heavy (non-hydrogen) atoms. The Morgan fingerprint density at radius 3 is 2.60 bits per heavy atom. The van der Waals surface area contributed by atoms with Gasteiger partial charge in [0.2, 0.25) is 0 Å². The van der Waals surface area contributed by atoms with Crippen molar-refractivity contribution in [3.8, 4) is 0 Å². The van der Waals surface area contributed by atoms with Crippen LogP contribution in [0, 0.1) is 5.92 Å². The molecule has 0 heterocycles. The van der Waals surface area contributed by atoms with Crippen molar-refractivity contribution in [3.63, 3.8) is 0 Å². The first-order valence-corrected chi connectivity index (χ1v) is 9.08. The zero-order chi connectivity index (χ0) is 14.5. The predicted octanol–water partition coefficient (Wildman–Crippen LogP) is 4.00. The van der Waals surface area contributed by atoms with Gasteiger partial charge >= 0.3 is 0 Å². The molecule has 1 N–H and O–H groups in total. The second-order valence-corrected chi connectivity index (χ2v) is 7.76. The first kappa shape index (κ1) is 16.0. The van der Waals surface area contributed by atoms with Gasteiger partial charge in [-0.25, -0.2) is 0 Å². The van der Waals surface area contributed by atoms with Crippen molar-refractivity contribution < 1.29 is 4.21 Å². The summed E-state index contributed by atoms with van der Waals surface area (Å²) in [6.07, 6.45) is 5.92. The van der Waals surface area contributed by atoms with Gasteiger partial charge in [0.1, 0.15) is 0 Å². The lowest BCUT2D eigenvalue weighted by molar-refractivity contribution is 0.292. The van der Waals surface area contributed by atoms with Gasteiger partial charge in [-0.3, -0.25) is 4.21 Å². The van der Waals surface area contributed by atoms with Gasteiger partial charge < -0.3 is 5.32 Å². The molecule has 1 aliphatic carbocycles. The number of hydrogen-bond acceptors (Lipinski definition) is 2. The van der Waals surface area contributed by atoms with E-state index >= 15 is 0 Å². The van der Waals surface area contributed by atoms with E-state index in [4.69, 9.17) is 11.6 Å². The molecule has 0 aliphatic heterocycles. The molecule has 2 rings (SSSR count). The van der Waals surface area contributed by atoms with Crippen LogP contribution in [0.2, 0.25) is 5.02 Å². The summed E-state index contributed by atoms with van der Waals surface area (Å²) in [5.74, 6) is 0.728. The maximum atomic E-state index is 12.9. The first-order chi connectivity index (χ1) is 9.65. The Kier molecular flexibility index (Phi) is 6.06. The zero-order valence-electron chi connectivity index (χ0n) is 12.3. The highest BCUT2D eigenvalue weighted by Gasteiger charge is 2.33. The van der Waals surface area contributed by atoms with Crippen LogP contribution in [0.15, 0.2) is 29.2 Å². The van der Waals surface area contributed by atoms with E-state index in [9.17, 15) is 4.21 Å². The lowest BCUT2D eigenvalue weighted by Crippen LogP contribution is -2.44. The van der Waals surface area contributed by atoms with Gasteiger partial charge in [0.05, 0.1) is 16.0 Å². The smallest absolute Gasteiger partial charge is 0.0576 e. The van der Waals surface area contributed by atoms with Gasteiger partial charge in [0.15, 0.2) is 0 Å². The number of hydrogen-bond donors (Lipinski definition) is 1. The van der Waals surface area contributed by atoms with Crippen LogP contribution in [0.4, 0.5) is 0 Å². The number of rotatable bonds is 5. The molecule has 1 saturated carbocycles. The maximum Gasteiger partial charge on any atom is 0.0576 e. The van der Waals surface area contributed by atoms with Gasteiger partial charge in [0, 0.05) is 16.0 Å². The van der Waals surface area contributed by atoms with Gasteiger partial charge in [0.25, 0.3) is 0 Å². The van der Waals surface area contributed by atoms with E-state index in [0.29, 0.717) is 11.1 Å². The molecule has 1 fully saturated rings. The second kappa shape index (κ2) is 7.58. The van der Waals surface area contributed by atoms with Crippen LogP contribution in [-0.4, -0.2) is 22.5 Å². The molecule has 1 aromatic carbocycles. The Hall–Kier alpha value is -0.380. The third kappa shape index (κ3) is 3.84. The topological polar surface area (TPSA) is 29.1 Å². The summed E-state index contributed by atoms with van der Waals surface area (Å²) in [6.45, 7) is 2.23. The van der Waals surface area contributed by atoms with Crippen molar-refractivity contribution >= 4 is 22.4 Å². The Morgan fingerprint density at radius 1 is 1.30 bits per heavy atom. The lowest BCUT2D eigenvalue weighted by Gasteiger charge is -2.35. The van der Waals surface area contributed by atoms with E-state index in [1.165, 1.54) is 19.3 Å². The van der Waals surface area contributed by atoms with Crippen molar-refractivity contribution in [2.75, 3.05) is 7.05 Å². The summed E-state index contributed by atoms with van der Waals surface area (Å²) in [5.41, 5.74) is 0. The monoisotopic (exact) mass is 313 g/mol. The first-order valence-electron chi connectivity index (χ1n) is 7.49. The fourth-order valence-electron chi connectivity index (χ4n) is 3.19. The van der Waals surface area contributed by atoms with E-state index in [1.54, 1.807) is 0 Å². The van der Waals surface area contributed by atoms with Crippen molar-refractivity contribution in [1.29, 1.82) is 0 Å². The lowest BCUT2D eigenvalue weighted by atomic mass is 9.83. The summed E-state index contributed by atoms with van der Waals surface area (Å²) in [5, 5.41) is 4.27. The van der Waals surface area contributed by atoms with Gasteiger partial charge in [-0.05, 0) is 56.5 Å². The highest BCUT2D eigenvalue weighted by Crippen LogP contribution is 2.33. The van der Waals surface area contributed by atoms with E-state index in [2.05, 4.69) is 12.2 Å². The van der Waals surface area contributed by atoms with Crippen LogP contribution in [0.5, 0.6) is 0 Å². The van der Waals surface area contributed by atoms with Crippen molar-refractivity contribution in [3.05, 3.63) is 29.3 Å². The SMILES string of the molecule is CCCC1CCC(NC)C(S(=O)c2ccc(Cl)cc2)C1. The molecule has 0 amide bonds. The number of halogens is 1. The molecular weight excluding hydrogens is 290 g/mol. The van der Waals surface area contributed by atoms with Gasteiger partial charge in [-0.2, -0.15) is 0 Å². The van der Waals surface area contributed by atoms with Crippen molar-refractivity contribution in [2.24, 2.45) is 5.92 Å². The molecule has 0 spiro atoms. The Bertz CT molecular complexity index is 448. The Balaban J connectivity index is 2.13. The second-order valence-electron chi connectivity index (χ2n) is 5.65. The van der Waals surface area contributed by atoms with Crippen LogP contribution in [0.3, 0.4) is 0 Å². The minimum atomic E-state index is -0.953. The normalized spacial score (nSPS) is 28.2. The molecule has 2 nitrogen and oxygen atoms in total. The summed E-state index contributed by atoms with van der Waals surface area (Å²) in [4.78, 5) is 0.900. The fourth-order valence-corrected chi connectivity index (χ4v) is 5.09. The summed E-state index contributed by atoms with van der Waals surface area (Å²) in [7, 11) is 1.03. The molecule has 4 heteroatoms. The van der Waals surface area contributed by atoms with Crippen LogP contribution in [-0.2, 0) is 10.8 Å². The highest BCUT2D eigenvalue weighted by molar-refractivity contribution is 7.85. The van der Waals surface area contributed by atoms with Gasteiger partial charge in [-0.15, -0.1) is 0 Å². The van der Waals surface area contributed by atoms with E-state index in [0.717, 1.165) is 23.7 Å². The standard InChI is InChI=1S/C16H24ClNOS/c1-3-4-12-5-10-15(18-2)16(11-12)20(19)14-8-6-13(17)7-9-14/h6-9,12,15-16,18H,3-5,10-11H2,1-2H3. The number of nitrogens with one attached hydrogen (secondary N) is 1. The molecule has 4 atom stereocenters. The third-order valence-corrected chi connectivity index (χ3v) is 6.35. The van der Waals surface area contributed by atoms with E-state index < -0.39 is 10.8 Å². The average Bonchev–Trinajstić information content (AvgIpc) is 2.47. The molecule has 1 aliphatic rings. The third-order valence-electron chi connectivity index (χ3n) is 4.29. The molecular formula is C16H24ClNOS. The van der Waals surface area contributed by atoms with E-state index in [-0.39, 0.29) is 5.25 Å². The molecule has 0 radical (unpaired) electrons. The Labute approximate surface area is 129 Å². The van der Waals surface area contributed by atoms with Crippen LogP contribution >= 0.6 is 11.6 Å². The fraction of sp³-hybridized carbons (Fsp3) is 0.625. The van der Waals surface area contributed by atoms with Crippen LogP contribution in [0.1, 0.15) is 39.0 Å². The summed E-state index contributed by atoms with van der Waals surface area (Å²) < 4.78 is 12.9.